The maximum absolute atomic E-state index is 6.05. The van der Waals surface area contributed by atoms with Gasteiger partial charge in [-0.1, -0.05) is 23.7 Å². The van der Waals surface area contributed by atoms with E-state index in [1.54, 1.807) is 0 Å². The van der Waals surface area contributed by atoms with Crippen molar-refractivity contribution in [2.24, 2.45) is 0 Å². The van der Waals surface area contributed by atoms with E-state index in [0.29, 0.717) is 12.0 Å². The van der Waals surface area contributed by atoms with E-state index in [2.05, 4.69) is 24.3 Å². The Hall–Kier alpha value is -0.890. The minimum absolute atomic E-state index is 0.390. The van der Waals surface area contributed by atoms with E-state index < -0.39 is 0 Å². The first-order chi connectivity index (χ1) is 9.22. The Bertz CT molecular complexity index is 621. The van der Waals surface area contributed by atoms with Gasteiger partial charge in [0, 0.05) is 10.7 Å². The van der Waals surface area contributed by atoms with Crippen LogP contribution in [0.15, 0.2) is 36.4 Å². The van der Waals surface area contributed by atoms with E-state index in [-0.39, 0.29) is 0 Å². The monoisotopic (exact) mass is 311 g/mol. The SMILES string of the molecule is ClCN(CCl)c1ccc2c(c1)Cc1cc(Cl)ccc1-2. The highest BCUT2D eigenvalue weighted by Gasteiger charge is 2.19. The zero-order valence-electron chi connectivity index (χ0n) is 10.2. The van der Waals surface area contributed by atoms with E-state index in [1.807, 2.05) is 17.0 Å². The lowest BCUT2D eigenvalue weighted by atomic mass is 10.1. The van der Waals surface area contributed by atoms with Gasteiger partial charge in [0.1, 0.15) is 0 Å². The molecule has 19 heavy (non-hydrogen) atoms. The molecule has 1 aliphatic rings. The van der Waals surface area contributed by atoms with Crippen LogP contribution in [0.25, 0.3) is 11.1 Å². The highest BCUT2D eigenvalue weighted by molar-refractivity contribution is 6.30. The van der Waals surface area contributed by atoms with Crippen LogP contribution in [0.3, 0.4) is 0 Å². The van der Waals surface area contributed by atoms with Crippen LogP contribution >= 0.6 is 34.8 Å². The quantitative estimate of drug-likeness (QED) is 0.480. The van der Waals surface area contributed by atoms with E-state index in [1.165, 1.54) is 22.3 Å². The van der Waals surface area contributed by atoms with Crippen molar-refractivity contribution < 1.29 is 0 Å². The molecule has 2 aromatic rings. The smallest absolute Gasteiger partial charge is 0.0940 e. The number of fused-ring (bicyclic) bond motifs is 3. The Morgan fingerprint density at radius 3 is 2.21 bits per heavy atom. The molecule has 0 amide bonds. The molecular weight excluding hydrogens is 301 g/mol. The molecule has 0 saturated carbocycles. The van der Waals surface area contributed by atoms with E-state index in [0.717, 1.165) is 17.1 Å². The maximum Gasteiger partial charge on any atom is 0.0940 e. The molecular formula is C15H12Cl3N. The third-order valence-electron chi connectivity index (χ3n) is 3.48. The number of benzene rings is 2. The third kappa shape index (κ3) is 2.31. The van der Waals surface area contributed by atoms with Gasteiger partial charge in [-0.3, -0.25) is 0 Å². The topological polar surface area (TPSA) is 3.24 Å². The van der Waals surface area contributed by atoms with Crippen LogP contribution in [0.2, 0.25) is 5.02 Å². The van der Waals surface area contributed by atoms with E-state index >= 15 is 0 Å². The minimum atomic E-state index is 0.390. The number of halogens is 3. The molecule has 0 unspecified atom stereocenters. The number of alkyl halides is 2. The average Bonchev–Trinajstić information content (AvgIpc) is 2.76. The van der Waals surface area contributed by atoms with Crippen molar-refractivity contribution in [1.29, 1.82) is 0 Å². The first-order valence-electron chi connectivity index (χ1n) is 6.01. The summed E-state index contributed by atoms with van der Waals surface area (Å²) in [6.07, 6.45) is 0.914. The van der Waals surface area contributed by atoms with E-state index in [9.17, 15) is 0 Å². The fourth-order valence-electron chi connectivity index (χ4n) is 2.53. The first kappa shape index (κ1) is 13.1. The molecule has 4 heteroatoms. The van der Waals surface area contributed by atoms with Crippen LogP contribution in [0.5, 0.6) is 0 Å². The number of hydrogen-bond acceptors (Lipinski definition) is 1. The third-order valence-corrected chi connectivity index (χ3v) is 4.29. The molecule has 98 valence electrons. The highest BCUT2D eigenvalue weighted by Crippen LogP contribution is 2.39. The predicted octanol–water partition coefficient (Wildman–Crippen LogP) is 5.11. The van der Waals surface area contributed by atoms with Crippen LogP contribution in [0.1, 0.15) is 11.1 Å². The van der Waals surface area contributed by atoms with Gasteiger partial charge in [0.15, 0.2) is 0 Å². The molecule has 0 radical (unpaired) electrons. The maximum atomic E-state index is 6.05. The zero-order valence-corrected chi connectivity index (χ0v) is 12.4. The van der Waals surface area contributed by atoms with Crippen molar-refractivity contribution >= 4 is 40.5 Å². The van der Waals surface area contributed by atoms with Crippen molar-refractivity contribution in [3.05, 3.63) is 52.5 Å². The largest absolute Gasteiger partial charge is 0.344 e. The lowest BCUT2D eigenvalue weighted by Gasteiger charge is -2.19. The number of hydrogen-bond donors (Lipinski definition) is 0. The van der Waals surface area contributed by atoms with Crippen molar-refractivity contribution in [2.75, 3.05) is 16.9 Å². The lowest BCUT2D eigenvalue weighted by Crippen LogP contribution is -2.19. The van der Waals surface area contributed by atoms with Gasteiger partial charge in [-0.15, -0.1) is 23.2 Å². The van der Waals surface area contributed by atoms with Gasteiger partial charge in [-0.2, -0.15) is 0 Å². The highest BCUT2D eigenvalue weighted by atomic mass is 35.5. The van der Waals surface area contributed by atoms with Crippen LogP contribution in [0, 0.1) is 0 Å². The standard InChI is InChI=1S/C15H12Cl3N/c16-8-19(9-17)13-2-4-15-11(7-13)5-10-6-12(18)1-3-14(10)15/h1-4,6-7H,5,8-9H2. The summed E-state index contributed by atoms with van der Waals surface area (Å²) in [5.41, 5.74) is 6.19. The second-order valence-electron chi connectivity index (χ2n) is 4.60. The fourth-order valence-corrected chi connectivity index (χ4v) is 3.26. The Morgan fingerprint density at radius 2 is 1.53 bits per heavy atom. The lowest BCUT2D eigenvalue weighted by molar-refractivity contribution is 1.05. The molecule has 1 nitrogen and oxygen atoms in total. The van der Waals surface area contributed by atoms with Crippen LogP contribution in [-0.4, -0.2) is 12.0 Å². The number of nitrogens with zero attached hydrogens (tertiary/aromatic N) is 1. The molecule has 3 rings (SSSR count). The Morgan fingerprint density at radius 1 is 0.895 bits per heavy atom. The average molecular weight is 313 g/mol. The molecule has 0 bridgehead atoms. The zero-order chi connectivity index (χ0) is 13.4. The van der Waals surface area contributed by atoms with Gasteiger partial charge in [0.25, 0.3) is 0 Å². The molecule has 0 spiro atoms. The molecule has 0 N–H and O–H groups in total. The van der Waals surface area contributed by atoms with Gasteiger partial charge in [-0.05, 0) is 52.9 Å². The molecule has 2 aromatic carbocycles. The van der Waals surface area contributed by atoms with Gasteiger partial charge in [0.05, 0.1) is 12.0 Å². The van der Waals surface area contributed by atoms with Crippen LogP contribution in [-0.2, 0) is 6.42 Å². The van der Waals surface area contributed by atoms with Gasteiger partial charge in [0.2, 0.25) is 0 Å². The molecule has 0 heterocycles. The number of anilines is 1. The van der Waals surface area contributed by atoms with Crippen LogP contribution in [0.4, 0.5) is 5.69 Å². The summed E-state index contributed by atoms with van der Waals surface area (Å²) in [5, 5.41) is 0.787. The van der Waals surface area contributed by atoms with E-state index in [4.69, 9.17) is 34.8 Å². The molecule has 0 fully saturated rings. The van der Waals surface area contributed by atoms with Crippen molar-refractivity contribution in [3.63, 3.8) is 0 Å². The normalized spacial score (nSPS) is 12.2. The second kappa shape index (κ2) is 5.24. The summed E-state index contributed by atoms with van der Waals surface area (Å²) in [6, 6.07) is 13.2. The molecule has 1 aliphatic carbocycles. The minimum Gasteiger partial charge on any atom is -0.344 e. The van der Waals surface area contributed by atoms with Crippen molar-refractivity contribution in [3.8, 4) is 11.1 Å². The second-order valence-corrected chi connectivity index (χ2v) is 5.51. The Balaban J connectivity index is 2.03. The summed E-state index contributed by atoms with van der Waals surface area (Å²) >= 11 is 17.8. The van der Waals surface area contributed by atoms with Gasteiger partial charge >= 0.3 is 0 Å². The predicted molar refractivity (Wildman–Crippen MR) is 83.6 cm³/mol. The Kier molecular flexibility index (Phi) is 3.62. The summed E-state index contributed by atoms with van der Waals surface area (Å²) in [4.78, 5) is 1.92. The molecule has 0 saturated heterocycles. The van der Waals surface area contributed by atoms with Crippen LogP contribution < -0.4 is 4.90 Å². The van der Waals surface area contributed by atoms with Crippen molar-refractivity contribution in [2.45, 2.75) is 6.42 Å². The molecule has 0 aromatic heterocycles. The van der Waals surface area contributed by atoms with Gasteiger partial charge in [-0.25, -0.2) is 0 Å². The summed E-state index contributed by atoms with van der Waals surface area (Å²) in [7, 11) is 0. The number of rotatable bonds is 3. The summed E-state index contributed by atoms with van der Waals surface area (Å²) < 4.78 is 0. The molecule has 0 aliphatic heterocycles. The summed E-state index contributed by atoms with van der Waals surface area (Å²) in [6.45, 7) is 0. The summed E-state index contributed by atoms with van der Waals surface area (Å²) in [5.74, 6) is 0. The first-order valence-corrected chi connectivity index (χ1v) is 7.46. The van der Waals surface area contributed by atoms with Crippen molar-refractivity contribution in [1.82, 2.24) is 0 Å². The fraction of sp³-hybridized carbons (Fsp3) is 0.200. The molecule has 0 atom stereocenters. The Labute approximate surface area is 127 Å². The van der Waals surface area contributed by atoms with Gasteiger partial charge < -0.3 is 4.90 Å².